The molecule has 4 rings (SSSR count). The minimum absolute atomic E-state index is 0.0140. The van der Waals surface area contributed by atoms with E-state index in [1.165, 1.54) is 21.9 Å². The molecule has 1 aromatic heterocycles. The first-order valence-corrected chi connectivity index (χ1v) is 11.0. The van der Waals surface area contributed by atoms with Crippen LogP contribution in [-0.2, 0) is 25.5 Å². The largest absolute Gasteiger partial charge is 0.378 e. The van der Waals surface area contributed by atoms with Gasteiger partial charge < -0.3 is 24.0 Å². The lowest BCUT2D eigenvalue weighted by atomic mass is 10.2. The number of halogens is 1. The van der Waals surface area contributed by atoms with E-state index in [0.717, 1.165) is 0 Å². The molecule has 2 aliphatic rings. The Balaban J connectivity index is 1.19. The predicted octanol–water partition coefficient (Wildman–Crippen LogP) is 0.728. The summed E-state index contributed by atoms with van der Waals surface area (Å²) in [5, 5.41) is 3.90. The number of aromatic nitrogens is 2. The molecule has 3 heterocycles. The fourth-order valence-corrected chi connectivity index (χ4v) is 3.82. The molecule has 2 aromatic rings. The maximum Gasteiger partial charge on any atom is 0.312 e. The van der Waals surface area contributed by atoms with Crippen LogP contribution in [0.15, 0.2) is 28.8 Å². The van der Waals surface area contributed by atoms with Gasteiger partial charge in [-0.1, -0.05) is 5.16 Å². The molecule has 3 amide bonds. The average molecular weight is 459 g/mol. The summed E-state index contributed by atoms with van der Waals surface area (Å²) < 4.78 is 23.5. The summed E-state index contributed by atoms with van der Waals surface area (Å²) in [7, 11) is 0. The Morgan fingerprint density at radius 1 is 0.879 bits per heavy atom. The molecule has 0 spiro atoms. The predicted molar refractivity (Wildman–Crippen MR) is 113 cm³/mol. The van der Waals surface area contributed by atoms with Gasteiger partial charge in [0.1, 0.15) is 5.82 Å². The zero-order chi connectivity index (χ0) is 23.2. The van der Waals surface area contributed by atoms with Gasteiger partial charge in [0.15, 0.2) is 0 Å². The normalized spacial score (nSPS) is 16.7. The lowest BCUT2D eigenvalue weighted by Crippen LogP contribution is -2.55. The van der Waals surface area contributed by atoms with Crippen LogP contribution in [0.3, 0.4) is 0 Å². The Bertz CT molecular complexity index is 981. The standard InChI is InChI=1S/C22H26FN5O5/c23-17-6-4-16(5-7-17)20-24-18(33-25-20)2-1-3-19(29)26-8-10-27(11-9-26)21(30)22(31)28-12-14-32-15-13-28/h4-7H,1-3,8-15H2. The van der Waals surface area contributed by atoms with Gasteiger partial charge in [-0.2, -0.15) is 4.98 Å². The van der Waals surface area contributed by atoms with E-state index in [1.54, 1.807) is 17.0 Å². The van der Waals surface area contributed by atoms with E-state index in [0.29, 0.717) is 89.0 Å². The van der Waals surface area contributed by atoms with Gasteiger partial charge in [0.05, 0.1) is 13.2 Å². The lowest BCUT2D eigenvalue weighted by molar-refractivity contribution is -0.155. The second-order valence-electron chi connectivity index (χ2n) is 7.95. The molecule has 176 valence electrons. The summed E-state index contributed by atoms with van der Waals surface area (Å²) in [6.45, 7) is 3.21. The smallest absolute Gasteiger partial charge is 0.312 e. The van der Waals surface area contributed by atoms with Gasteiger partial charge in [-0.15, -0.1) is 0 Å². The highest BCUT2D eigenvalue weighted by molar-refractivity contribution is 6.34. The molecule has 0 aliphatic carbocycles. The van der Waals surface area contributed by atoms with Gasteiger partial charge in [0.25, 0.3) is 0 Å². The van der Waals surface area contributed by atoms with Crippen LogP contribution in [-0.4, -0.2) is 95.0 Å². The fourth-order valence-electron chi connectivity index (χ4n) is 3.82. The summed E-state index contributed by atoms with van der Waals surface area (Å²) in [5.74, 6) is -0.576. The van der Waals surface area contributed by atoms with E-state index < -0.39 is 11.8 Å². The van der Waals surface area contributed by atoms with Crippen LogP contribution in [0.5, 0.6) is 0 Å². The second-order valence-corrected chi connectivity index (χ2v) is 7.95. The van der Waals surface area contributed by atoms with Crippen LogP contribution in [0.25, 0.3) is 11.4 Å². The first-order valence-electron chi connectivity index (χ1n) is 11.0. The zero-order valence-corrected chi connectivity index (χ0v) is 18.2. The van der Waals surface area contributed by atoms with Crippen molar-refractivity contribution < 1.29 is 28.0 Å². The fraction of sp³-hybridized carbons (Fsp3) is 0.500. The molecule has 11 heteroatoms. The van der Waals surface area contributed by atoms with Gasteiger partial charge in [-0.25, -0.2) is 4.39 Å². The van der Waals surface area contributed by atoms with E-state index in [9.17, 15) is 18.8 Å². The third-order valence-corrected chi connectivity index (χ3v) is 5.75. The van der Waals surface area contributed by atoms with E-state index in [2.05, 4.69) is 10.1 Å². The van der Waals surface area contributed by atoms with E-state index >= 15 is 0 Å². The molecule has 0 radical (unpaired) electrons. The van der Waals surface area contributed by atoms with Gasteiger partial charge in [0, 0.05) is 57.7 Å². The number of ether oxygens (including phenoxy) is 1. The van der Waals surface area contributed by atoms with Crippen molar-refractivity contribution in [3.63, 3.8) is 0 Å². The molecule has 0 N–H and O–H groups in total. The van der Waals surface area contributed by atoms with Crippen molar-refractivity contribution in [2.24, 2.45) is 0 Å². The van der Waals surface area contributed by atoms with Crippen molar-refractivity contribution >= 4 is 17.7 Å². The number of morpholine rings is 1. The summed E-state index contributed by atoms with van der Waals surface area (Å²) in [4.78, 5) is 46.4. The van der Waals surface area contributed by atoms with Crippen LogP contribution >= 0.6 is 0 Å². The quantitative estimate of drug-likeness (QED) is 0.607. The van der Waals surface area contributed by atoms with Crippen LogP contribution < -0.4 is 0 Å². The number of rotatable bonds is 5. The zero-order valence-electron chi connectivity index (χ0n) is 18.2. The minimum Gasteiger partial charge on any atom is -0.378 e. The molecule has 0 atom stereocenters. The number of hydrogen-bond acceptors (Lipinski definition) is 7. The van der Waals surface area contributed by atoms with Gasteiger partial charge in [-0.3, -0.25) is 14.4 Å². The molecule has 0 bridgehead atoms. The molecule has 0 saturated carbocycles. The average Bonchev–Trinajstić information content (AvgIpc) is 3.33. The number of aryl methyl sites for hydroxylation is 1. The van der Waals surface area contributed by atoms with Crippen LogP contribution in [0.1, 0.15) is 18.7 Å². The van der Waals surface area contributed by atoms with Crippen LogP contribution in [0, 0.1) is 5.82 Å². The molecular weight excluding hydrogens is 433 g/mol. The topological polar surface area (TPSA) is 109 Å². The Morgan fingerprint density at radius 3 is 2.15 bits per heavy atom. The molecule has 2 saturated heterocycles. The lowest BCUT2D eigenvalue weighted by Gasteiger charge is -2.36. The molecule has 2 aliphatic heterocycles. The number of amides is 3. The highest BCUT2D eigenvalue weighted by atomic mass is 19.1. The summed E-state index contributed by atoms with van der Waals surface area (Å²) in [6, 6.07) is 5.81. The number of nitrogens with zero attached hydrogens (tertiary/aromatic N) is 5. The summed E-state index contributed by atoms with van der Waals surface area (Å²) in [6.07, 6.45) is 1.31. The monoisotopic (exact) mass is 459 g/mol. The number of benzene rings is 1. The maximum atomic E-state index is 13.0. The first-order chi connectivity index (χ1) is 16.0. The highest BCUT2D eigenvalue weighted by Crippen LogP contribution is 2.17. The van der Waals surface area contributed by atoms with E-state index in [-0.39, 0.29) is 11.7 Å². The van der Waals surface area contributed by atoms with E-state index in [1.807, 2.05) is 0 Å². The third-order valence-electron chi connectivity index (χ3n) is 5.75. The first kappa shape index (κ1) is 22.8. The van der Waals surface area contributed by atoms with Crippen molar-refractivity contribution in [3.05, 3.63) is 36.0 Å². The number of carbonyl (C=O) groups excluding carboxylic acids is 3. The van der Waals surface area contributed by atoms with Gasteiger partial charge in [0.2, 0.25) is 17.6 Å². The summed E-state index contributed by atoms with van der Waals surface area (Å²) in [5.41, 5.74) is 0.655. The highest BCUT2D eigenvalue weighted by Gasteiger charge is 2.31. The SMILES string of the molecule is O=C(CCCc1nc(-c2ccc(F)cc2)no1)N1CCN(C(=O)C(=O)N2CCOCC2)CC1. The van der Waals surface area contributed by atoms with Crippen molar-refractivity contribution in [2.75, 3.05) is 52.5 Å². The minimum atomic E-state index is -0.516. The molecule has 10 nitrogen and oxygen atoms in total. The molecule has 1 aromatic carbocycles. The Hall–Kier alpha value is -3.34. The molecule has 2 fully saturated rings. The molecule has 0 unspecified atom stereocenters. The van der Waals surface area contributed by atoms with Gasteiger partial charge >= 0.3 is 11.8 Å². The van der Waals surface area contributed by atoms with Crippen molar-refractivity contribution in [1.29, 1.82) is 0 Å². The van der Waals surface area contributed by atoms with Crippen molar-refractivity contribution in [1.82, 2.24) is 24.8 Å². The second kappa shape index (κ2) is 10.5. The van der Waals surface area contributed by atoms with Crippen LogP contribution in [0.4, 0.5) is 4.39 Å². The van der Waals surface area contributed by atoms with Crippen molar-refractivity contribution in [2.45, 2.75) is 19.3 Å². The van der Waals surface area contributed by atoms with Gasteiger partial charge in [-0.05, 0) is 30.7 Å². The molecule has 33 heavy (non-hydrogen) atoms. The molecular formula is C22H26FN5O5. The number of hydrogen-bond donors (Lipinski definition) is 0. The number of piperazine rings is 1. The summed E-state index contributed by atoms with van der Waals surface area (Å²) >= 11 is 0. The third kappa shape index (κ3) is 5.72. The van der Waals surface area contributed by atoms with E-state index in [4.69, 9.17) is 9.26 Å². The van der Waals surface area contributed by atoms with Crippen molar-refractivity contribution in [3.8, 4) is 11.4 Å². The van der Waals surface area contributed by atoms with Crippen LogP contribution in [0.2, 0.25) is 0 Å². The Labute approximate surface area is 190 Å². The Kier molecular flexibility index (Phi) is 7.28. The maximum absolute atomic E-state index is 13.0. The number of carbonyl (C=O) groups is 3. The Morgan fingerprint density at radius 2 is 1.48 bits per heavy atom.